The fourth-order valence-corrected chi connectivity index (χ4v) is 2.61. The van der Waals surface area contributed by atoms with Crippen LogP contribution in [-0.2, 0) is 17.6 Å². The van der Waals surface area contributed by atoms with Crippen molar-refractivity contribution in [1.82, 2.24) is 5.32 Å². The second kappa shape index (κ2) is 8.18. The molecule has 2 aromatic carbocycles. The summed E-state index contributed by atoms with van der Waals surface area (Å²) in [5, 5.41) is 13.8. The number of nitrogens with one attached hydrogen (secondary N) is 1. The highest BCUT2D eigenvalue weighted by atomic mass is 35.5. The number of aliphatic hydroxyl groups is 1. The van der Waals surface area contributed by atoms with Crippen LogP contribution in [0.3, 0.4) is 0 Å². The van der Waals surface area contributed by atoms with E-state index < -0.39 is 5.60 Å². The third-order valence-corrected chi connectivity index (χ3v) is 4.09. The normalized spacial score (nSPS) is 13.2. The van der Waals surface area contributed by atoms with E-state index in [2.05, 4.69) is 5.32 Å². The fraction of sp³-hybridized carbons (Fsp3) is 0.316. The summed E-state index contributed by atoms with van der Waals surface area (Å²) >= 11 is 6.05. The lowest BCUT2D eigenvalue weighted by Crippen LogP contribution is -2.42. The second-order valence-electron chi connectivity index (χ2n) is 6.07. The van der Waals surface area contributed by atoms with Gasteiger partial charge in [0.05, 0.1) is 19.1 Å². The lowest BCUT2D eigenvalue weighted by Gasteiger charge is -2.24. The third kappa shape index (κ3) is 5.55. The summed E-state index contributed by atoms with van der Waals surface area (Å²) in [5.74, 6) is 0.601. The first-order chi connectivity index (χ1) is 11.4. The van der Waals surface area contributed by atoms with E-state index in [0.29, 0.717) is 11.4 Å². The van der Waals surface area contributed by atoms with Crippen LogP contribution in [0, 0.1) is 0 Å². The highest BCUT2D eigenvalue weighted by Gasteiger charge is 2.22. The number of carbonyl (C=O) groups excluding carboxylic acids is 1. The summed E-state index contributed by atoms with van der Waals surface area (Å²) in [6.07, 6.45) is 0.627. The number of hydrogen-bond acceptors (Lipinski definition) is 3. The van der Waals surface area contributed by atoms with E-state index in [1.54, 1.807) is 20.1 Å². The SMILES string of the molecule is COc1ccc(CC(C)(O)CNC(=O)Cc2ccccc2Cl)cc1. The van der Waals surface area contributed by atoms with E-state index in [1.807, 2.05) is 42.5 Å². The molecule has 4 nitrogen and oxygen atoms in total. The van der Waals surface area contributed by atoms with Crippen molar-refractivity contribution in [2.75, 3.05) is 13.7 Å². The molecular formula is C19H22ClNO3. The van der Waals surface area contributed by atoms with E-state index in [1.165, 1.54) is 0 Å². The van der Waals surface area contributed by atoms with E-state index in [9.17, 15) is 9.90 Å². The molecule has 0 radical (unpaired) electrons. The van der Waals surface area contributed by atoms with Crippen LogP contribution >= 0.6 is 11.6 Å². The van der Waals surface area contributed by atoms with Crippen LogP contribution < -0.4 is 10.1 Å². The molecule has 0 bridgehead atoms. The van der Waals surface area contributed by atoms with Crippen LogP contribution in [0.1, 0.15) is 18.1 Å². The van der Waals surface area contributed by atoms with Gasteiger partial charge in [0.2, 0.25) is 5.91 Å². The molecule has 24 heavy (non-hydrogen) atoms. The molecule has 2 rings (SSSR count). The summed E-state index contributed by atoms with van der Waals surface area (Å²) in [5.41, 5.74) is 0.706. The van der Waals surface area contributed by atoms with Crippen molar-refractivity contribution in [3.8, 4) is 5.75 Å². The van der Waals surface area contributed by atoms with Crippen molar-refractivity contribution in [1.29, 1.82) is 0 Å². The zero-order valence-electron chi connectivity index (χ0n) is 13.9. The summed E-state index contributed by atoms with van der Waals surface area (Å²) in [7, 11) is 1.61. The van der Waals surface area contributed by atoms with Gasteiger partial charge in [-0.1, -0.05) is 41.9 Å². The predicted octanol–water partition coefficient (Wildman–Crippen LogP) is 3.00. The second-order valence-corrected chi connectivity index (χ2v) is 6.47. The topological polar surface area (TPSA) is 58.6 Å². The van der Waals surface area contributed by atoms with Gasteiger partial charge in [0.1, 0.15) is 5.75 Å². The Bertz CT molecular complexity index is 683. The van der Waals surface area contributed by atoms with E-state index in [0.717, 1.165) is 16.9 Å². The minimum atomic E-state index is -1.04. The number of benzene rings is 2. The van der Waals surface area contributed by atoms with Gasteiger partial charge in [0.15, 0.2) is 0 Å². The molecule has 128 valence electrons. The molecule has 0 aliphatic heterocycles. The van der Waals surface area contributed by atoms with E-state index >= 15 is 0 Å². The van der Waals surface area contributed by atoms with Gasteiger partial charge in [-0.3, -0.25) is 4.79 Å². The van der Waals surface area contributed by atoms with Gasteiger partial charge in [-0.2, -0.15) is 0 Å². The van der Waals surface area contributed by atoms with Crippen molar-refractivity contribution in [2.24, 2.45) is 0 Å². The molecule has 2 N–H and O–H groups in total. The maximum Gasteiger partial charge on any atom is 0.224 e. The van der Waals surface area contributed by atoms with Crippen molar-refractivity contribution in [3.05, 3.63) is 64.7 Å². The number of methoxy groups -OCH3 is 1. The summed E-state index contributed by atoms with van der Waals surface area (Å²) in [6, 6.07) is 14.7. The van der Waals surface area contributed by atoms with Crippen molar-refractivity contribution < 1.29 is 14.6 Å². The first-order valence-corrected chi connectivity index (χ1v) is 8.13. The molecule has 1 unspecified atom stereocenters. The third-order valence-electron chi connectivity index (χ3n) is 3.72. The summed E-state index contributed by atoms with van der Waals surface area (Å²) in [6.45, 7) is 1.87. The Kier molecular flexibility index (Phi) is 6.23. The van der Waals surface area contributed by atoms with Gasteiger partial charge < -0.3 is 15.2 Å². The van der Waals surface area contributed by atoms with Gasteiger partial charge in [0.25, 0.3) is 0 Å². The minimum absolute atomic E-state index is 0.168. The van der Waals surface area contributed by atoms with E-state index in [4.69, 9.17) is 16.3 Å². The largest absolute Gasteiger partial charge is 0.497 e. The molecule has 0 saturated heterocycles. The molecule has 0 fully saturated rings. The molecule has 1 atom stereocenters. The van der Waals surface area contributed by atoms with Crippen LogP contribution in [0.5, 0.6) is 5.75 Å². The zero-order valence-corrected chi connectivity index (χ0v) is 14.6. The van der Waals surface area contributed by atoms with Crippen molar-refractivity contribution in [2.45, 2.75) is 25.4 Å². The van der Waals surface area contributed by atoms with Crippen LogP contribution in [-0.4, -0.2) is 30.3 Å². The van der Waals surface area contributed by atoms with Crippen molar-refractivity contribution >= 4 is 17.5 Å². The smallest absolute Gasteiger partial charge is 0.224 e. The molecule has 2 aromatic rings. The first-order valence-electron chi connectivity index (χ1n) is 7.75. The highest BCUT2D eigenvalue weighted by Crippen LogP contribution is 2.17. The fourth-order valence-electron chi connectivity index (χ4n) is 2.41. The number of halogens is 1. The number of amides is 1. The quantitative estimate of drug-likeness (QED) is 0.809. The Morgan fingerprint density at radius 1 is 1.21 bits per heavy atom. The average Bonchev–Trinajstić information content (AvgIpc) is 2.56. The van der Waals surface area contributed by atoms with Crippen LogP contribution in [0.2, 0.25) is 5.02 Å². The monoisotopic (exact) mass is 347 g/mol. The first kappa shape index (κ1) is 18.3. The molecule has 0 spiro atoms. The standard InChI is InChI=1S/C19H22ClNO3/c1-19(23,12-14-7-9-16(24-2)10-8-14)13-21-18(22)11-15-5-3-4-6-17(15)20/h3-10,23H,11-13H2,1-2H3,(H,21,22). The van der Waals surface area contributed by atoms with Crippen LogP contribution in [0.15, 0.2) is 48.5 Å². The lowest BCUT2D eigenvalue weighted by molar-refractivity contribution is -0.121. The van der Waals surface area contributed by atoms with Gasteiger partial charge in [-0.05, 0) is 36.2 Å². The van der Waals surface area contributed by atoms with Gasteiger partial charge >= 0.3 is 0 Å². The highest BCUT2D eigenvalue weighted by molar-refractivity contribution is 6.31. The molecular weight excluding hydrogens is 326 g/mol. The molecule has 0 aliphatic rings. The zero-order chi connectivity index (χ0) is 17.6. The molecule has 0 aromatic heterocycles. The number of ether oxygens (including phenoxy) is 1. The Balaban J connectivity index is 1.87. The Morgan fingerprint density at radius 2 is 1.88 bits per heavy atom. The van der Waals surface area contributed by atoms with Crippen LogP contribution in [0.25, 0.3) is 0 Å². The predicted molar refractivity (Wildman–Crippen MR) is 95.5 cm³/mol. The molecule has 1 amide bonds. The summed E-state index contributed by atoms with van der Waals surface area (Å²) in [4.78, 5) is 12.0. The average molecular weight is 348 g/mol. The lowest BCUT2D eigenvalue weighted by atomic mass is 9.96. The Hall–Kier alpha value is -2.04. The Labute approximate surface area is 147 Å². The number of hydrogen-bond donors (Lipinski definition) is 2. The van der Waals surface area contributed by atoms with Crippen molar-refractivity contribution in [3.63, 3.8) is 0 Å². The van der Waals surface area contributed by atoms with Gasteiger partial charge in [-0.25, -0.2) is 0 Å². The minimum Gasteiger partial charge on any atom is -0.497 e. The number of carbonyl (C=O) groups is 1. The molecule has 0 saturated carbocycles. The molecule has 5 heteroatoms. The maximum absolute atomic E-state index is 12.0. The number of rotatable bonds is 7. The van der Waals surface area contributed by atoms with Gasteiger partial charge in [0, 0.05) is 18.0 Å². The van der Waals surface area contributed by atoms with Gasteiger partial charge in [-0.15, -0.1) is 0 Å². The Morgan fingerprint density at radius 3 is 2.50 bits per heavy atom. The van der Waals surface area contributed by atoms with Crippen LogP contribution in [0.4, 0.5) is 0 Å². The maximum atomic E-state index is 12.0. The molecule has 0 aliphatic carbocycles. The summed E-state index contributed by atoms with van der Waals surface area (Å²) < 4.78 is 5.11. The molecule has 0 heterocycles. The van der Waals surface area contributed by atoms with E-state index in [-0.39, 0.29) is 18.9 Å².